The molecule has 45 heavy (non-hydrogen) atoms. The van der Waals surface area contributed by atoms with Crippen molar-refractivity contribution in [2.45, 2.75) is 23.5 Å². The predicted octanol–water partition coefficient (Wildman–Crippen LogP) is 5.03. The van der Waals surface area contributed by atoms with Gasteiger partial charge in [-0.3, -0.25) is 4.79 Å². The number of benzene rings is 3. The summed E-state index contributed by atoms with van der Waals surface area (Å²) < 4.78 is 22.8. The Hall–Kier alpha value is -4.68. The Bertz CT molecular complexity index is 1530. The molecule has 1 unspecified atom stereocenters. The molecule has 0 aromatic heterocycles. The molecular formula is C33H36N2O9S. The summed E-state index contributed by atoms with van der Waals surface area (Å²) in [7, 11) is 3.92. The highest BCUT2D eigenvalue weighted by Crippen LogP contribution is 2.48. The van der Waals surface area contributed by atoms with E-state index in [2.05, 4.69) is 24.1 Å². The second-order valence-electron chi connectivity index (χ2n) is 10.3. The summed E-state index contributed by atoms with van der Waals surface area (Å²) in [5.41, 5.74) is 3.00. The van der Waals surface area contributed by atoms with Crippen molar-refractivity contribution in [2.75, 3.05) is 52.1 Å². The van der Waals surface area contributed by atoms with Crippen LogP contribution in [0.1, 0.15) is 22.8 Å². The molecule has 0 saturated heterocycles. The third kappa shape index (κ3) is 9.40. The monoisotopic (exact) mass is 636 g/mol. The first kappa shape index (κ1) is 33.2. The van der Waals surface area contributed by atoms with Gasteiger partial charge in [0.05, 0.1) is 12.3 Å². The molecule has 2 heterocycles. The van der Waals surface area contributed by atoms with Crippen LogP contribution in [-0.2, 0) is 14.4 Å². The number of carbonyl (C=O) groups excluding carboxylic acids is 1. The molecule has 11 nitrogen and oxygen atoms in total. The van der Waals surface area contributed by atoms with Gasteiger partial charge in [0.15, 0.2) is 11.5 Å². The first-order valence-electron chi connectivity index (χ1n) is 14.2. The zero-order valence-electron chi connectivity index (χ0n) is 25.3. The van der Waals surface area contributed by atoms with Crippen molar-refractivity contribution in [1.82, 2.24) is 4.90 Å². The van der Waals surface area contributed by atoms with Crippen molar-refractivity contribution in [3.05, 3.63) is 83.9 Å². The number of hydrogen-bond donors (Lipinski definition) is 2. The Morgan fingerprint density at radius 2 is 1.71 bits per heavy atom. The summed E-state index contributed by atoms with van der Waals surface area (Å²) in [5.74, 6) is 0.586. The number of carboxylic acid groups (broad SMARTS) is 2. The molecule has 2 N–H and O–H groups in total. The molecule has 1 atom stereocenters. The number of fused-ring (bicyclic) bond motifs is 2. The van der Waals surface area contributed by atoms with Crippen molar-refractivity contribution < 1.29 is 43.5 Å². The Kier molecular flexibility index (Phi) is 11.7. The maximum Gasteiger partial charge on any atom is 0.328 e. The van der Waals surface area contributed by atoms with Gasteiger partial charge >= 0.3 is 11.9 Å². The van der Waals surface area contributed by atoms with E-state index in [1.165, 1.54) is 0 Å². The second kappa shape index (κ2) is 15.9. The highest BCUT2D eigenvalue weighted by atomic mass is 32.2. The van der Waals surface area contributed by atoms with Crippen molar-refractivity contribution in [3.63, 3.8) is 0 Å². The summed E-state index contributed by atoms with van der Waals surface area (Å²) in [4.78, 5) is 37.4. The molecule has 3 aromatic carbocycles. The number of aryl methyl sites for hydroxylation is 1. The molecule has 0 aliphatic carbocycles. The van der Waals surface area contributed by atoms with Crippen LogP contribution in [0.15, 0.2) is 77.7 Å². The molecule has 0 radical (unpaired) electrons. The molecule has 1 amide bonds. The number of likely N-dealkylation sites (N-methyl/N-ethyl adjacent to an activating group) is 2. The Labute approximate surface area is 265 Å². The quantitative estimate of drug-likeness (QED) is 0.205. The van der Waals surface area contributed by atoms with Gasteiger partial charge in [0.1, 0.15) is 23.4 Å². The lowest BCUT2D eigenvalue weighted by molar-refractivity contribution is -0.134. The van der Waals surface area contributed by atoms with Gasteiger partial charge in [-0.25, -0.2) is 9.59 Å². The van der Waals surface area contributed by atoms with Crippen LogP contribution in [-0.4, -0.2) is 80.2 Å². The van der Waals surface area contributed by atoms with Crippen LogP contribution in [0.5, 0.6) is 23.0 Å². The number of aliphatic carboxylic acids is 2. The Morgan fingerprint density at radius 1 is 0.978 bits per heavy atom. The fraction of sp³-hybridized carbons (Fsp3) is 0.303. The fourth-order valence-corrected chi connectivity index (χ4v) is 5.87. The van der Waals surface area contributed by atoms with E-state index in [4.69, 9.17) is 29.2 Å². The average molecular weight is 637 g/mol. The molecule has 3 aromatic rings. The normalized spacial score (nSPS) is 15.0. The lowest BCUT2D eigenvalue weighted by Gasteiger charge is -2.32. The van der Waals surface area contributed by atoms with E-state index in [0.717, 1.165) is 64.2 Å². The second-order valence-corrected chi connectivity index (χ2v) is 11.4. The SMILES string of the molecule is Cc1ccc(OCCCN(C)CCOc2ccc3c(c2)OCO3)c(C2Sc3ccccc3N(C)C2=O)c1.O=C(O)/C=C/C(=O)O. The third-order valence-electron chi connectivity index (χ3n) is 6.87. The smallest absolute Gasteiger partial charge is 0.328 e. The Morgan fingerprint density at radius 3 is 2.47 bits per heavy atom. The van der Waals surface area contributed by atoms with Gasteiger partial charge in [0.2, 0.25) is 12.7 Å². The number of thioether (sulfide) groups is 1. The van der Waals surface area contributed by atoms with E-state index in [1.807, 2.05) is 62.5 Å². The van der Waals surface area contributed by atoms with E-state index in [9.17, 15) is 14.4 Å². The number of para-hydroxylation sites is 1. The summed E-state index contributed by atoms with van der Waals surface area (Å²) in [5, 5.41) is 15.3. The molecule has 2 aliphatic heterocycles. The van der Waals surface area contributed by atoms with Crippen LogP contribution in [0.2, 0.25) is 0 Å². The molecule has 0 spiro atoms. The number of amides is 1. The van der Waals surface area contributed by atoms with Crippen molar-refractivity contribution in [3.8, 4) is 23.0 Å². The molecule has 0 saturated carbocycles. The Balaban J connectivity index is 0.000000510. The number of hydrogen-bond acceptors (Lipinski definition) is 9. The van der Waals surface area contributed by atoms with Gasteiger partial charge in [-0.1, -0.05) is 29.8 Å². The van der Waals surface area contributed by atoms with Gasteiger partial charge in [0.25, 0.3) is 0 Å². The summed E-state index contributed by atoms with van der Waals surface area (Å²) >= 11 is 1.59. The third-order valence-corrected chi connectivity index (χ3v) is 8.16. The average Bonchev–Trinajstić information content (AvgIpc) is 3.49. The van der Waals surface area contributed by atoms with Crippen LogP contribution < -0.4 is 23.8 Å². The number of ether oxygens (including phenoxy) is 4. The van der Waals surface area contributed by atoms with Gasteiger partial charge in [-0.15, -0.1) is 11.8 Å². The first-order chi connectivity index (χ1) is 21.6. The summed E-state index contributed by atoms with van der Waals surface area (Å²) in [6, 6.07) is 19.8. The minimum Gasteiger partial charge on any atom is -0.493 e. The molecule has 5 rings (SSSR count). The minimum absolute atomic E-state index is 0.0707. The van der Waals surface area contributed by atoms with E-state index in [0.29, 0.717) is 25.4 Å². The standard InChI is InChI=1S/C29H32N2O5S.C4H4O4/c1-20-9-11-24(22(17-20)28-29(32)31(3)23-7-4-5-8-27(23)37-28)34-15-6-13-30(2)14-16-33-21-10-12-25-26(18-21)36-19-35-25;5-3(6)1-2-4(7)8/h4-5,7-12,17-18,28H,6,13-16,19H2,1-3H3;1-2H,(H,5,6)(H,7,8)/b;2-1+. The number of carbonyl (C=O) groups is 3. The maximum atomic E-state index is 13.2. The van der Waals surface area contributed by atoms with Gasteiger partial charge in [0, 0.05) is 48.8 Å². The van der Waals surface area contributed by atoms with Crippen LogP contribution in [0.4, 0.5) is 5.69 Å². The van der Waals surface area contributed by atoms with Crippen LogP contribution >= 0.6 is 11.8 Å². The van der Waals surface area contributed by atoms with E-state index >= 15 is 0 Å². The van der Waals surface area contributed by atoms with Gasteiger partial charge in [-0.05, 0) is 50.7 Å². The minimum atomic E-state index is -1.26. The number of nitrogens with zero attached hydrogens (tertiary/aromatic N) is 2. The summed E-state index contributed by atoms with van der Waals surface area (Å²) in [6.07, 6.45) is 1.98. The highest BCUT2D eigenvalue weighted by Gasteiger charge is 2.34. The largest absolute Gasteiger partial charge is 0.493 e. The molecular weight excluding hydrogens is 600 g/mol. The predicted molar refractivity (Wildman–Crippen MR) is 170 cm³/mol. The van der Waals surface area contributed by atoms with Gasteiger partial charge in [-0.2, -0.15) is 0 Å². The van der Waals surface area contributed by atoms with E-state index < -0.39 is 11.9 Å². The zero-order chi connectivity index (χ0) is 32.3. The summed E-state index contributed by atoms with van der Waals surface area (Å²) in [6.45, 7) is 5.12. The van der Waals surface area contributed by atoms with E-state index in [-0.39, 0.29) is 18.0 Å². The van der Waals surface area contributed by atoms with E-state index in [1.54, 1.807) is 16.7 Å². The topological polar surface area (TPSA) is 135 Å². The maximum absolute atomic E-state index is 13.2. The van der Waals surface area contributed by atoms with Crippen LogP contribution in [0.3, 0.4) is 0 Å². The zero-order valence-corrected chi connectivity index (χ0v) is 26.1. The van der Waals surface area contributed by atoms with Crippen molar-refractivity contribution in [2.24, 2.45) is 0 Å². The fourth-order valence-electron chi connectivity index (χ4n) is 4.56. The molecule has 238 valence electrons. The van der Waals surface area contributed by atoms with Gasteiger partial charge < -0.3 is 39.0 Å². The first-order valence-corrected chi connectivity index (χ1v) is 15.1. The lowest BCUT2D eigenvalue weighted by Crippen LogP contribution is -2.34. The number of carboxylic acids is 2. The number of rotatable bonds is 12. The molecule has 0 bridgehead atoms. The van der Waals surface area contributed by atoms with Crippen molar-refractivity contribution >= 4 is 35.3 Å². The molecule has 2 aliphatic rings. The van der Waals surface area contributed by atoms with Crippen LogP contribution in [0, 0.1) is 6.92 Å². The molecule has 12 heteroatoms. The van der Waals surface area contributed by atoms with Crippen LogP contribution in [0.25, 0.3) is 0 Å². The highest BCUT2D eigenvalue weighted by molar-refractivity contribution is 8.00. The number of anilines is 1. The molecule has 0 fully saturated rings. The lowest BCUT2D eigenvalue weighted by atomic mass is 10.1. The van der Waals surface area contributed by atoms with Crippen molar-refractivity contribution in [1.29, 1.82) is 0 Å².